The van der Waals surface area contributed by atoms with Crippen molar-refractivity contribution in [2.24, 2.45) is 5.92 Å². The standard InChI is InChI=1S/C16H20N4O/c21-16-9-13(18-15-3-1-2-7-20(15)16)11-19-8-5-14-12(10-19)4-6-17-14/h1-3,7,9,12,14,17H,4-6,8,10-11H2. The molecule has 2 aromatic heterocycles. The first kappa shape index (κ1) is 13.0. The molecule has 0 saturated carbocycles. The van der Waals surface area contributed by atoms with E-state index in [4.69, 9.17) is 0 Å². The van der Waals surface area contributed by atoms with Crippen molar-refractivity contribution in [1.82, 2.24) is 19.6 Å². The molecule has 21 heavy (non-hydrogen) atoms. The number of pyridine rings is 1. The zero-order valence-corrected chi connectivity index (χ0v) is 12.0. The lowest BCUT2D eigenvalue weighted by Gasteiger charge is -2.34. The first-order chi connectivity index (χ1) is 10.3. The summed E-state index contributed by atoms with van der Waals surface area (Å²) in [5.74, 6) is 0.764. The molecule has 4 heterocycles. The van der Waals surface area contributed by atoms with Crippen molar-refractivity contribution in [3.63, 3.8) is 0 Å². The summed E-state index contributed by atoms with van der Waals surface area (Å²) in [6, 6.07) is 8.04. The molecule has 0 radical (unpaired) electrons. The minimum Gasteiger partial charge on any atom is -0.314 e. The quantitative estimate of drug-likeness (QED) is 0.889. The second-order valence-electron chi connectivity index (χ2n) is 6.15. The molecule has 110 valence electrons. The Labute approximate surface area is 123 Å². The van der Waals surface area contributed by atoms with Crippen molar-refractivity contribution in [2.75, 3.05) is 19.6 Å². The molecule has 0 aliphatic carbocycles. The summed E-state index contributed by atoms with van der Waals surface area (Å²) in [6.07, 6.45) is 4.25. The zero-order valence-electron chi connectivity index (χ0n) is 12.0. The number of nitrogens with zero attached hydrogens (tertiary/aromatic N) is 3. The van der Waals surface area contributed by atoms with Gasteiger partial charge >= 0.3 is 0 Å². The highest BCUT2D eigenvalue weighted by Crippen LogP contribution is 2.25. The molecule has 2 aliphatic rings. The Kier molecular flexibility index (Phi) is 3.24. The Morgan fingerprint density at radius 1 is 1.33 bits per heavy atom. The van der Waals surface area contributed by atoms with Gasteiger partial charge < -0.3 is 5.32 Å². The number of rotatable bonds is 2. The van der Waals surface area contributed by atoms with Gasteiger partial charge in [0.2, 0.25) is 0 Å². The van der Waals surface area contributed by atoms with Crippen molar-refractivity contribution in [3.8, 4) is 0 Å². The van der Waals surface area contributed by atoms with E-state index in [1.54, 1.807) is 16.7 Å². The number of nitrogens with one attached hydrogen (secondary N) is 1. The number of aromatic nitrogens is 2. The molecular weight excluding hydrogens is 264 g/mol. The van der Waals surface area contributed by atoms with Gasteiger partial charge in [0.25, 0.3) is 5.56 Å². The number of likely N-dealkylation sites (tertiary alicyclic amines) is 1. The number of hydrogen-bond donors (Lipinski definition) is 1. The smallest absolute Gasteiger partial charge is 0.258 e. The summed E-state index contributed by atoms with van der Waals surface area (Å²) >= 11 is 0. The molecule has 2 unspecified atom stereocenters. The van der Waals surface area contributed by atoms with Crippen LogP contribution in [0.5, 0.6) is 0 Å². The van der Waals surface area contributed by atoms with Crippen LogP contribution in [0.25, 0.3) is 5.65 Å². The van der Waals surface area contributed by atoms with Crippen molar-refractivity contribution in [2.45, 2.75) is 25.4 Å². The van der Waals surface area contributed by atoms with Gasteiger partial charge in [-0.1, -0.05) is 6.07 Å². The maximum Gasteiger partial charge on any atom is 0.258 e. The van der Waals surface area contributed by atoms with Crippen LogP contribution in [0.2, 0.25) is 0 Å². The predicted octanol–water partition coefficient (Wildman–Crippen LogP) is 0.878. The van der Waals surface area contributed by atoms with Crippen molar-refractivity contribution < 1.29 is 0 Å². The minimum absolute atomic E-state index is 0.00743. The lowest BCUT2D eigenvalue weighted by atomic mass is 9.93. The lowest BCUT2D eigenvalue weighted by Crippen LogP contribution is -2.44. The fourth-order valence-corrected chi connectivity index (χ4v) is 3.68. The Bertz CT molecular complexity index is 711. The van der Waals surface area contributed by atoms with Crippen molar-refractivity contribution in [1.29, 1.82) is 0 Å². The molecule has 2 aromatic rings. The van der Waals surface area contributed by atoms with E-state index in [9.17, 15) is 4.79 Å². The van der Waals surface area contributed by atoms with Gasteiger partial charge in [-0.25, -0.2) is 4.98 Å². The molecule has 2 atom stereocenters. The Morgan fingerprint density at radius 3 is 3.24 bits per heavy atom. The monoisotopic (exact) mass is 284 g/mol. The third kappa shape index (κ3) is 2.47. The highest BCUT2D eigenvalue weighted by atomic mass is 16.1. The summed E-state index contributed by atoms with van der Waals surface area (Å²) in [7, 11) is 0. The average molecular weight is 284 g/mol. The highest BCUT2D eigenvalue weighted by Gasteiger charge is 2.32. The first-order valence-electron chi connectivity index (χ1n) is 7.73. The largest absolute Gasteiger partial charge is 0.314 e. The van der Waals surface area contributed by atoms with E-state index in [1.165, 1.54) is 12.8 Å². The summed E-state index contributed by atoms with van der Waals surface area (Å²) < 4.78 is 1.59. The maximum absolute atomic E-state index is 12.1. The summed E-state index contributed by atoms with van der Waals surface area (Å²) in [5, 5.41) is 3.58. The summed E-state index contributed by atoms with van der Waals surface area (Å²) in [6.45, 7) is 4.14. The maximum atomic E-state index is 12.1. The van der Waals surface area contributed by atoms with Gasteiger partial charge in [-0.05, 0) is 37.4 Å². The SMILES string of the molecule is O=c1cc(CN2CCC3NCCC3C2)nc2ccccn12. The molecule has 5 nitrogen and oxygen atoms in total. The third-order valence-electron chi connectivity index (χ3n) is 4.75. The molecule has 1 N–H and O–H groups in total. The normalized spacial score (nSPS) is 26.1. The van der Waals surface area contributed by atoms with E-state index in [1.807, 2.05) is 18.2 Å². The summed E-state index contributed by atoms with van der Waals surface area (Å²) in [4.78, 5) is 19.2. The summed E-state index contributed by atoms with van der Waals surface area (Å²) in [5.41, 5.74) is 1.63. The Morgan fingerprint density at radius 2 is 2.29 bits per heavy atom. The Balaban J connectivity index is 1.56. The zero-order chi connectivity index (χ0) is 14.2. The van der Waals surface area contributed by atoms with Crippen LogP contribution in [0.1, 0.15) is 18.5 Å². The van der Waals surface area contributed by atoms with E-state index in [2.05, 4.69) is 15.2 Å². The van der Waals surface area contributed by atoms with Crippen LogP contribution >= 0.6 is 0 Å². The molecule has 5 heteroatoms. The number of fused-ring (bicyclic) bond motifs is 2. The van der Waals surface area contributed by atoms with E-state index in [0.717, 1.165) is 43.4 Å². The molecule has 2 fully saturated rings. The van der Waals surface area contributed by atoms with Gasteiger partial charge in [-0.2, -0.15) is 0 Å². The number of hydrogen-bond acceptors (Lipinski definition) is 4. The lowest BCUT2D eigenvalue weighted by molar-refractivity contribution is 0.154. The van der Waals surface area contributed by atoms with Crippen LogP contribution in [0, 0.1) is 5.92 Å². The van der Waals surface area contributed by atoms with Crippen LogP contribution in [-0.4, -0.2) is 40.0 Å². The fraction of sp³-hybridized carbons (Fsp3) is 0.500. The molecule has 2 aliphatic heterocycles. The molecule has 2 saturated heterocycles. The van der Waals surface area contributed by atoms with Crippen LogP contribution in [0.4, 0.5) is 0 Å². The van der Waals surface area contributed by atoms with E-state index in [0.29, 0.717) is 6.04 Å². The predicted molar refractivity (Wildman–Crippen MR) is 81.3 cm³/mol. The van der Waals surface area contributed by atoms with Crippen molar-refractivity contribution in [3.05, 3.63) is 46.5 Å². The first-order valence-corrected chi connectivity index (χ1v) is 7.73. The van der Waals surface area contributed by atoms with Gasteiger partial charge in [-0.3, -0.25) is 14.1 Å². The van der Waals surface area contributed by atoms with Crippen LogP contribution < -0.4 is 10.9 Å². The average Bonchev–Trinajstić information content (AvgIpc) is 2.95. The van der Waals surface area contributed by atoms with Crippen molar-refractivity contribution >= 4 is 5.65 Å². The van der Waals surface area contributed by atoms with Gasteiger partial charge in [0.05, 0.1) is 5.69 Å². The number of piperidine rings is 1. The minimum atomic E-state index is 0.00743. The van der Waals surface area contributed by atoms with Gasteiger partial charge in [-0.15, -0.1) is 0 Å². The van der Waals surface area contributed by atoms with Gasteiger partial charge in [0.1, 0.15) is 5.65 Å². The van der Waals surface area contributed by atoms with E-state index >= 15 is 0 Å². The molecule has 0 spiro atoms. The van der Waals surface area contributed by atoms with E-state index < -0.39 is 0 Å². The Hall–Kier alpha value is -1.72. The molecule has 4 rings (SSSR count). The molecule has 0 amide bonds. The highest BCUT2D eigenvalue weighted by molar-refractivity contribution is 5.37. The fourth-order valence-electron chi connectivity index (χ4n) is 3.68. The second-order valence-corrected chi connectivity index (χ2v) is 6.15. The molecular formula is C16H20N4O. The van der Waals surface area contributed by atoms with Crippen LogP contribution in [0.3, 0.4) is 0 Å². The van der Waals surface area contributed by atoms with Gasteiger partial charge in [0, 0.05) is 37.9 Å². The van der Waals surface area contributed by atoms with Crippen LogP contribution in [-0.2, 0) is 6.54 Å². The second kappa shape index (κ2) is 5.24. The van der Waals surface area contributed by atoms with Crippen LogP contribution in [0.15, 0.2) is 35.3 Å². The van der Waals surface area contributed by atoms with Gasteiger partial charge in [0.15, 0.2) is 0 Å². The third-order valence-corrected chi connectivity index (χ3v) is 4.75. The molecule has 0 aromatic carbocycles. The molecule has 0 bridgehead atoms. The topological polar surface area (TPSA) is 49.6 Å². The van der Waals surface area contributed by atoms with E-state index in [-0.39, 0.29) is 5.56 Å².